The molecule has 50 heavy (non-hydrogen) atoms. The first-order valence-electron chi connectivity index (χ1n) is 17.1. The number of carbonyl (C=O) groups is 4. The molecule has 4 heterocycles. The molecule has 4 aromatic rings. The van der Waals surface area contributed by atoms with E-state index in [-0.39, 0.29) is 23.9 Å². The summed E-state index contributed by atoms with van der Waals surface area (Å²) >= 11 is 0. The van der Waals surface area contributed by atoms with Crippen molar-refractivity contribution in [3.8, 4) is 33.6 Å². The fourth-order valence-corrected chi connectivity index (χ4v) is 7.57. The summed E-state index contributed by atoms with van der Waals surface area (Å²) in [6.07, 6.45) is 6.46. The van der Waals surface area contributed by atoms with Crippen LogP contribution in [-0.2, 0) is 9.59 Å². The van der Waals surface area contributed by atoms with Crippen molar-refractivity contribution in [3.05, 3.63) is 72.6 Å². The molecule has 0 unspecified atom stereocenters. The van der Waals surface area contributed by atoms with Crippen molar-refractivity contribution in [3.63, 3.8) is 0 Å². The molecule has 2 aromatic carbocycles. The van der Waals surface area contributed by atoms with Crippen LogP contribution in [0.2, 0.25) is 0 Å². The third-order valence-electron chi connectivity index (χ3n) is 10.6. The van der Waals surface area contributed by atoms with Gasteiger partial charge in [0.05, 0.1) is 35.9 Å². The molecule has 4 aliphatic rings. The lowest BCUT2D eigenvalue weighted by Gasteiger charge is -2.27. The Morgan fingerprint density at radius 3 is 1.32 bits per heavy atom. The molecule has 2 saturated heterocycles. The van der Waals surface area contributed by atoms with Gasteiger partial charge in [-0.25, -0.2) is 19.6 Å². The van der Waals surface area contributed by atoms with Crippen LogP contribution in [0.1, 0.15) is 75.1 Å². The van der Waals surface area contributed by atoms with Gasteiger partial charge in [-0.15, -0.1) is 0 Å². The molecule has 14 nitrogen and oxygen atoms in total. The molecule has 258 valence electrons. The lowest BCUT2D eigenvalue weighted by Crippen LogP contribution is -2.50. The molecule has 0 radical (unpaired) electrons. The monoisotopic (exact) mass is 678 g/mol. The molecule has 4 amide bonds. The number of nitrogens with one attached hydrogen (secondary N) is 4. The first-order chi connectivity index (χ1) is 24.1. The SMILES string of the molecule is O=C(O)NC1(C(=O)N2CCC[C@H]2c2ncc(-c3ccc(-c4ccc(-c5cnc([C@@H]6CCCN6C(=O)C6(NC(=O)O)CC6)[nH]5)cc4)cc3)[nH]2)CC1. The molecule has 2 atom stereocenters. The highest BCUT2D eigenvalue weighted by Crippen LogP contribution is 2.43. The van der Waals surface area contributed by atoms with Gasteiger partial charge < -0.3 is 40.6 Å². The number of hydrogen-bond donors (Lipinski definition) is 6. The number of carbonyl (C=O) groups excluding carboxylic acids is 2. The van der Waals surface area contributed by atoms with E-state index in [1.54, 1.807) is 22.2 Å². The predicted octanol–water partition coefficient (Wildman–Crippen LogP) is 5.06. The van der Waals surface area contributed by atoms with Gasteiger partial charge in [-0.2, -0.15) is 0 Å². The Morgan fingerprint density at radius 1 is 0.620 bits per heavy atom. The summed E-state index contributed by atoms with van der Waals surface area (Å²) < 4.78 is 0. The van der Waals surface area contributed by atoms with E-state index >= 15 is 0 Å². The predicted molar refractivity (Wildman–Crippen MR) is 181 cm³/mol. The number of hydrogen-bond acceptors (Lipinski definition) is 6. The van der Waals surface area contributed by atoms with Crippen molar-refractivity contribution in [1.82, 2.24) is 40.4 Å². The van der Waals surface area contributed by atoms with Gasteiger partial charge in [-0.3, -0.25) is 9.59 Å². The highest BCUT2D eigenvalue weighted by atomic mass is 16.4. The fraction of sp³-hybridized carbons (Fsp3) is 0.389. The number of likely N-dealkylation sites (tertiary alicyclic amines) is 2. The number of nitrogens with zero attached hydrogens (tertiary/aromatic N) is 4. The first-order valence-corrected chi connectivity index (χ1v) is 17.1. The molecule has 4 fully saturated rings. The van der Waals surface area contributed by atoms with Crippen molar-refractivity contribution in [2.75, 3.05) is 13.1 Å². The van der Waals surface area contributed by atoms with Gasteiger partial charge in [0.25, 0.3) is 0 Å². The normalized spacial score (nSPS) is 21.5. The number of aromatic nitrogens is 4. The van der Waals surface area contributed by atoms with Crippen LogP contribution in [0.4, 0.5) is 9.59 Å². The minimum atomic E-state index is -1.18. The van der Waals surface area contributed by atoms with Crippen molar-refractivity contribution in [1.29, 1.82) is 0 Å². The van der Waals surface area contributed by atoms with Gasteiger partial charge in [0.2, 0.25) is 11.8 Å². The van der Waals surface area contributed by atoms with E-state index in [2.05, 4.69) is 54.8 Å². The molecule has 2 aliphatic heterocycles. The second kappa shape index (κ2) is 12.0. The van der Waals surface area contributed by atoms with Gasteiger partial charge in [-0.1, -0.05) is 48.5 Å². The largest absolute Gasteiger partial charge is 0.465 e. The molecule has 6 N–H and O–H groups in total. The minimum Gasteiger partial charge on any atom is -0.465 e. The van der Waals surface area contributed by atoms with Crippen molar-refractivity contribution in [2.24, 2.45) is 0 Å². The van der Waals surface area contributed by atoms with Crippen molar-refractivity contribution >= 4 is 24.0 Å². The van der Waals surface area contributed by atoms with Crippen LogP contribution in [0, 0.1) is 0 Å². The topological polar surface area (TPSA) is 197 Å². The second-order valence-corrected chi connectivity index (χ2v) is 13.9. The molecule has 14 heteroatoms. The molecule has 2 aliphatic carbocycles. The molecular formula is C36H38N8O6. The maximum Gasteiger partial charge on any atom is 0.405 e. The number of benzene rings is 2. The Morgan fingerprint density at radius 2 is 0.980 bits per heavy atom. The van der Waals surface area contributed by atoms with Gasteiger partial charge in [0, 0.05) is 13.1 Å². The lowest BCUT2D eigenvalue weighted by atomic mass is 10.0. The zero-order valence-electron chi connectivity index (χ0n) is 27.3. The van der Waals surface area contributed by atoms with Crippen LogP contribution in [0.15, 0.2) is 60.9 Å². The van der Waals surface area contributed by atoms with Crippen LogP contribution in [-0.4, -0.2) is 88.1 Å². The number of H-pyrrole nitrogens is 2. The number of rotatable bonds is 9. The highest BCUT2D eigenvalue weighted by molar-refractivity contribution is 5.93. The number of aromatic amines is 2. The maximum atomic E-state index is 13.3. The first kappa shape index (κ1) is 31.6. The Balaban J connectivity index is 0.923. The second-order valence-electron chi connectivity index (χ2n) is 13.9. The zero-order chi connectivity index (χ0) is 34.6. The van der Waals surface area contributed by atoms with Gasteiger partial charge >= 0.3 is 12.2 Å². The molecule has 2 saturated carbocycles. The van der Waals surface area contributed by atoms with Crippen molar-refractivity contribution in [2.45, 2.75) is 74.5 Å². The third kappa shape index (κ3) is 5.73. The van der Waals surface area contributed by atoms with Gasteiger partial charge in [0.15, 0.2) is 0 Å². The highest BCUT2D eigenvalue weighted by Gasteiger charge is 2.56. The maximum absolute atomic E-state index is 13.3. The van der Waals surface area contributed by atoms with Crippen LogP contribution in [0.25, 0.3) is 33.6 Å². The van der Waals surface area contributed by atoms with Crippen LogP contribution in [0.5, 0.6) is 0 Å². The summed E-state index contributed by atoms with van der Waals surface area (Å²) in [5, 5.41) is 23.3. The number of amides is 4. The summed E-state index contributed by atoms with van der Waals surface area (Å²) in [6.45, 7) is 1.15. The standard InChI is InChI=1S/C36H38N8O6/c45-31(35(13-14-35)41-33(47)48)43-17-1-3-27(43)29-37-19-25(39-29)23-9-5-21(6-10-23)22-7-11-24(12-8-22)26-20-38-30(40-26)28-4-2-18-44(28)32(46)36(15-16-36)42-34(49)50/h5-12,19-20,27-28,41-42H,1-4,13-18H2,(H,37,39)(H,38,40)(H,47,48)(H,49,50)/t27-,28-/m0/s1. The van der Waals surface area contributed by atoms with Gasteiger partial charge in [0.1, 0.15) is 22.7 Å². The summed E-state index contributed by atoms with van der Waals surface area (Å²) in [4.78, 5) is 68.6. The van der Waals surface area contributed by atoms with Crippen molar-refractivity contribution < 1.29 is 29.4 Å². The van der Waals surface area contributed by atoms with E-state index in [0.29, 0.717) is 50.4 Å². The van der Waals surface area contributed by atoms with E-state index in [0.717, 1.165) is 59.3 Å². The Kier molecular flexibility index (Phi) is 7.61. The van der Waals surface area contributed by atoms with Crippen LogP contribution < -0.4 is 10.6 Å². The molecule has 0 spiro atoms. The molecule has 8 rings (SSSR count). The van der Waals surface area contributed by atoms with E-state index < -0.39 is 23.3 Å². The van der Waals surface area contributed by atoms with E-state index in [1.807, 2.05) is 24.3 Å². The number of imidazole rings is 2. The smallest absolute Gasteiger partial charge is 0.405 e. The Bertz CT molecular complexity index is 1820. The molecular weight excluding hydrogens is 640 g/mol. The zero-order valence-corrected chi connectivity index (χ0v) is 27.3. The van der Waals surface area contributed by atoms with E-state index in [9.17, 15) is 29.4 Å². The fourth-order valence-electron chi connectivity index (χ4n) is 7.57. The Labute approximate surface area is 287 Å². The van der Waals surface area contributed by atoms with Crippen LogP contribution >= 0.6 is 0 Å². The van der Waals surface area contributed by atoms with Crippen LogP contribution in [0.3, 0.4) is 0 Å². The summed E-state index contributed by atoms with van der Waals surface area (Å²) in [5.74, 6) is 1.06. The van der Waals surface area contributed by atoms with Gasteiger partial charge in [-0.05, 0) is 73.6 Å². The molecule has 2 aromatic heterocycles. The lowest BCUT2D eigenvalue weighted by molar-refractivity contribution is -0.136. The minimum absolute atomic E-state index is 0.172. The molecule has 0 bridgehead atoms. The average Bonchev–Trinajstić information content (AvgIpc) is 3.67. The van der Waals surface area contributed by atoms with E-state index in [1.165, 1.54) is 0 Å². The quantitative estimate of drug-likeness (QED) is 0.141. The third-order valence-corrected chi connectivity index (χ3v) is 10.6. The van der Waals surface area contributed by atoms with E-state index in [4.69, 9.17) is 0 Å². The average molecular weight is 679 g/mol. The summed E-state index contributed by atoms with van der Waals surface area (Å²) in [6, 6.07) is 15.9. The number of carboxylic acid groups (broad SMARTS) is 2. The summed E-state index contributed by atoms with van der Waals surface area (Å²) in [5.41, 5.74) is 3.69. The summed E-state index contributed by atoms with van der Waals surface area (Å²) in [7, 11) is 0. The Hall–Kier alpha value is -5.66.